The normalized spacial score (nSPS) is 12.3. The number of thioether (sulfide) groups is 1. The van der Waals surface area contributed by atoms with Gasteiger partial charge in [-0.2, -0.15) is 5.10 Å². The smallest absolute Gasteiger partial charge is 0.252 e. The van der Waals surface area contributed by atoms with E-state index in [1.807, 2.05) is 37.3 Å². The van der Waals surface area contributed by atoms with Gasteiger partial charge in [0.15, 0.2) is 0 Å². The molecule has 114 valence electrons. The van der Waals surface area contributed by atoms with Crippen molar-refractivity contribution in [2.24, 2.45) is 5.10 Å². The van der Waals surface area contributed by atoms with Crippen molar-refractivity contribution in [3.63, 3.8) is 0 Å². The van der Waals surface area contributed by atoms with E-state index in [0.717, 1.165) is 5.75 Å². The molecule has 0 fully saturated rings. The minimum absolute atomic E-state index is 0.200. The lowest BCUT2D eigenvalue weighted by molar-refractivity contribution is -0.120. The third-order valence-corrected chi connectivity index (χ3v) is 4.21. The average molecular weight is 316 g/mol. The molecule has 0 bridgehead atoms. The molecule has 0 saturated carbocycles. The number of halogens is 1. The molecule has 2 aromatic rings. The van der Waals surface area contributed by atoms with Crippen LogP contribution in [0.5, 0.6) is 0 Å². The standard InChI is InChI=1S/C17H17FN2OS/c1-13(22-12-14-7-3-2-4-8-14)17(21)20-19-11-15-9-5-6-10-16(15)18/h2-11,13H,12H2,1H3,(H,20,21)/b19-11-/t13-/m1/s1. The molecule has 0 aromatic heterocycles. The molecule has 0 aliphatic carbocycles. The minimum atomic E-state index is -0.369. The third kappa shape index (κ3) is 5.00. The van der Waals surface area contributed by atoms with Crippen LogP contribution in [-0.2, 0) is 10.5 Å². The Hall–Kier alpha value is -2.14. The molecule has 1 amide bonds. The van der Waals surface area contributed by atoms with Crippen LogP contribution >= 0.6 is 11.8 Å². The predicted octanol–water partition coefficient (Wildman–Crippen LogP) is 3.60. The van der Waals surface area contributed by atoms with Crippen LogP contribution < -0.4 is 5.43 Å². The van der Waals surface area contributed by atoms with Crippen molar-refractivity contribution in [3.05, 3.63) is 71.5 Å². The summed E-state index contributed by atoms with van der Waals surface area (Å²) >= 11 is 1.53. The largest absolute Gasteiger partial charge is 0.272 e. The van der Waals surface area contributed by atoms with E-state index >= 15 is 0 Å². The first kappa shape index (κ1) is 16.2. The zero-order valence-electron chi connectivity index (χ0n) is 12.2. The van der Waals surface area contributed by atoms with Gasteiger partial charge in [0, 0.05) is 11.3 Å². The molecule has 1 atom stereocenters. The number of hydrogen-bond donors (Lipinski definition) is 1. The van der Waals surface area contributed by atoms with Crippen molar-refractivity contribution in [1.29, 1.82) is 0 Å². The first-order valence-electron chi connectivity index (χ1n) is 6.90. The maximum absolute atomic E-state index is 13.4. The van der Waals surface area contributed by atoms with Crippen molar-refractivity contribution in [1.82, 2.24) is 5.43 Å². The Morgan fingerprint density at radius 2 is 1.91 bits per heavy atom. The molecule has 2 rings (SSSR count). The molecular weight excluding hydrogens is 299 g/mol. The second kappa shape index (κ2) is 8.34. The predicted molar refractivity (Wildman–Crippen MR) is 89.3 cm³/mol. The summed E-state index contributed by atoms with van der Waals surface area (Å²) in [5.41, 5.74) is 3.95. The fourth-order valence-corrected chi connectivity index (χ4v) is 2.55. The highest BCUT2D eigenvalue weighted by atomic mass is 32.2. The highest BCUT2D eigenvalue weighted by Crippen LogP contribution is 2.17. The number of nitrogens with one attached hydrogen (secondary N) is 1. The van der Waals surface area contributed by atoms with Gasteiger partial charge in [-0.3, -0.25) is 4.79 Å². The molecule has 3 nitrogen and oxygen atoms in total. The Bertz CT molecular complexity index is 646. The lowest BCUT2D eigenvalue weighted by Gasteiger charge is -2.09. The number of rotatable bonds is 6. The number of carbonyl (C=O) groups excluding carboxylic acids is 1. The SMILES string of the molecule is C[C@@H](SCc1ccccc1)C(=O)N/N=C\c1ccccc1F. The Balaban J connectivity index is 1.80. The van der Waals surface area contributed by atoms with Crippen LogP contribution in [-0.4, -0.2) is 17.4 Å². The molecule has 0 spiro atoms. The van der Waals surface area contributed by atoms with Gasteiger partial charge in [0.05, 0.1) is 11.5 Å². The first-order chi connectivity index (χ1) is 10.7. The number of amides is 1. The molecule has 0 aliphatic heterocycles. The van der Waals surface area contributed by atoms with Crippen LogP contribution in [0.4, 0.5) is 4.39 Å². The van der Waals surface area contributed by atoms with Crippen molar-refractivity contribution in [2.75, 3.05) is 0 Å². The molecule has 0 radical (unpaired) electrons. The minimum Gasteiger partial charge on any atom is -0.272 e. The van der Waals surface area contributed by atoms with Gasteiger partial charge in [-0.05, 0) is 18.6 Å². The average Bonchev–Trinajstić information content (AvgIpc) is 2.55. The molecule has 2 aromatic carbocycles. The summed E-state index contributed by atoms with van der Waals surface area (Å²) in [6.45, 7) is 1.82. The van der Waals surface area contributed by atoms with Crippen molar-refractivity contribution >= 4 is 23.9 Å². The van der Waals surface area contributed by atoms with Crippen molar-refractivity contribution in [2.45, 2.75) is 17.9 Å². The molecule has 1 N–H and O–H groups in total. The quantitative estimate of drug-likeness (QED) is 0.653. The third-order valence-electron chi connectivity index (χ3n) is 3.00. The van der Waals surface area contributed by atoms with Crippen LogP contribution in [0.25, 0.3) is 0 Å². The van der Waals surface area contributed by atoms with E-state index in [4.69, 9.17) is 0 Å². The van der Waals surface area contributed by atoms with E-state index in [0.29, 0.717) is 5.56 Å². The van der Waals surface area contributed by atoms with Crippen LogP contribution in [0.15, 0.2) is 59.7 Å². The fourth-order valence-electron chi connectivity index (χ4n) is 1.71. The van der Waals surface area contributed by atoms with Crippen LogP contribution in [0.1, 0.15) is 18.1 Å². The summed E-state index contributed by atoms with van der Waals surface area (Å²) in [6, 6.07) is 16.2. The fraction of sp³-hybridized carbons (Fsp3) is 0.176. The summed E-state index contributed by atoms with van der Waals surface area (Å²) in [7, 11) is 0. The number of benzene rings is 2. The summed E-state index contributed by atoms with van der Waals surface area (Å²) in [4.78, 5) is 11.9. The molecule has 0 unspecified atom stereocenters. The zero-order valence-corrected chi connectivity index (χ0v) is 13.0. The maximum Gasteiger partial charge on any atom is 0.252 e. The zero-order chi connectivity index (χ0) is 15.8. The van der Waals surface area contributed by atoms with E-state index in [9.17, 15) is 9.18 Å². The van der Waals surface area contributed by atoms with Gasteiger partial charge < -0.3 is 0 Å². The maximum atomic E-state index is 13.4. The Kier molecular flexibility index (Phi) is 6.15. The van der Waals surface area contributed by atoms with Crippen molar-refractivity contribution < 1.29 is 9.18 Å². The topological polar surface area (TPSA) is 41.5 Å². The number of nitrogens with zero attached hydrogens (tertiary/aromatic N) is 1. The van der Waals surface area contributed by atoms with Gasteiger partial charge in [0.2, 0.25) is 0 Å². The summed E-state index contributed by atoms with van der Waals surface area (Å²) in [5, 5.41) is 3.56. The summed E-state index contributed by atoms with van der Waals surface area (Å²) in [5.74, 6) is 0.187. The van der Waals surface area contributed by atoms with Gasteiger partial charge in [-0.15, -0.1) is 11.8 Å². The summed E-state index contributed by atoms with van der Waals surface area (Å²) < 4.78 is 13.4. The van der Waals surface area contributed by atoms with E-state index < -0.39 is 0 Å². The number of hydrazone groups is 1. The van der Waals surface area contributed by atoms with E-state index in [2.05, 4.69) is 10.5 Å². The van der Waals surface area contributed by atoms with Gasteiger partial charge >= 0.3 is 0 Å². The highest BCUT2D eigenvalue weighted by molar-refractivity contribution is 7.99. The van der Waals surface area contributed by atoms with Crippen LogP contribution in [0.3, 0.4) is 0 Å². The monoisotopic (exact) mass is 316 g/mol. The van der Waals surface area contributed by atoms with E-state index in [1.54, 1.807) is 18.2 Å². The van der Waals surface area contributed by atoms with Crippen LogP contribution in [0, 0.1) is 5.82 Å². The Morgan fingerprint density at radius 1 is 1.23 bits per heavy atom. The number of carbonyl (C=O) groups is 1. The van der Waals surface area contributed by atoms with Gasteiger partial charge in [-0.1, -0.05) is 48.5 Å². The van der Waals surface area contributed by atoms with Crippen molar-refractivity contribution in [3.8, 4) is 0 Å². The molecule has 0 saturated heterocycles. The molecule has 22 heavy (non-hydrogen) atoms. The van der Waals surface area contributed by atoms with Gasteiger partial charge in [0.25, 0.3) is 5.91 Å². The molecule has 0 heterocycles. The van der Waals surface area contributed by atoms with Crippen LogP contribution in [0.2, 0.25) is 0 Å². The molecule has 0 aliphatic rings. The Labute approximate surface area is 133 Å². The van der Waals surface area contributed by atoms with E-state index in [1.165, 1.54) is 29.6 Å². The first-order valence-corrected chi connectivity index (χ1v) is 7.94. The lowest BCUT2D eigenvalue weighted by Crippen LogP contribution is -2.27. The summed E-state index contributed by atoms with van der Waals surface area (Å²) in [6.07, 6.45) is 1.31. The number of hydrogen-bond acceptors (Lipinski definition) is 3. The highest BCUT2D eigenvalue weighted by Gasteiger charge is 2.12. The van der Waals surface area contributed by atoms with E-state index in [-0.39, 0.29) is 17.0 Å². The lowest BCUT2D eigenvalue weighted by atomic mass is 10.2. The van der Waals surface area contributed by atoms with Gasteiger partial charge in [0.1, 0.15) is 5.82 Å². The second-order valence-electron chi connectivity index (χ2n) is 4.69. The van der Waals surface area contributed by atoms with Gasteiger partial charge in [-0.25, -0.2) is 9.82 Å². The second-order valence-corrected chi connectivity index (χ2v) is 6.02. The molecule has 5 heteroatoms. The molecular formula is C17H17FN2OS. The Morgan fingerprint density at radius 3 is 2.64 bits per heavy atom.